The number of carboxylic acids is 1. The average Bonchev–Trinajstić information content (AvgIpc) is 2.81. The molecule has 1 saturated heterocycles. The number of nitrogens with one attached hydrogen (secondary N) is 1. The van der Waals surface area contributed by atoms with Crippen LogP contribution in [0.1, 0.15) is 12.0 Å². The normalized spacial score (nSPS) is 20.9. The Morgan fingerprint density at radius 3 is 2.76 bits per heavy atom. The van der Waals surface area contributed by atoms with Crippen LogP contribution in [0.2, 0.25) is 5.02 Å². The summed E-state index contributed by atoms with van der Waals surface area (Å²) >= 11 is 5.85. The maximum absolute atomic E-state index is 12.1. The molecule has 0 aromatic heterocycles. The number of halogens is 1. The molecule has 2 amide bonds. The van der Waals surface area contributed by atoms with Crippen LogP contribution in [0.3, 0.4) is 0 Å². The first kappa shape index (κ1) is 15.1. The summed E-state index contributed by atoms with van der Waals surface area (Å²) in [6, 6.07) is 4.54. The van der Waals surface area contributed by atoms with Crippen LogP contribution in [0.15, 0.2) is 18.2 Å². The van der Waals surface area contributed by atoms with E-state index in [1.807, 2.05) is 6.07 Å². The summed E-state index contributed by atoms with van der Waals surface area (Å²) in [5.41, 5.74) is 0.615. The van der Waals surface area contributed by atoms with E-state index in [0.717, 1.165) is 4.90 Å². The Labute approximate surface area is 125 Å². The van der Waals surface area contributed by atoms with Crippen molar-refractivity contribution in [2.45, 2.75) is 18.6 Å². The molecule has 0 unspecified atom stereocenters. The van der Waals surface area contributed by atoms with Gasteiger partial charge in [0.2, 0.25) is 0 Å². The van der Waals surface area contributed by atoms with Crippen LogP contribution in [0.25, 0.3) is 0 Å². The number of anilines is 1. The summed E-state index contributed by atoms with van der Waals surface area (Å²) in [5, 5.41) is 30.0. The summed E-state index contributed by atoms with van der Waals surface area (Å²) in [7, 11) is 0. The Morgan fingerprint density at radius 2 is 2.19 bits per heavy atom. The lowest BCUT2D eigenvalue weighted by molar-refractivity contribution is -0.141. The topological polar surface area (TPSA) is 114 Å². The molecule has 2 rings (SSSR count). The predicted octanol–water partition coefficient (Wildman–Crippen LogP) is 1.26. The summed E-state index contributed by atoms with van der Waals surface area (Å²) in [6.07, 6.45) is -0.863. The minimum Gasteiger partial charge on any atom is -0.480 e. The van der Waals surface area contributed by atoms with Crippen molar-refractivity contribution >= 4 is 29.3 Å². The van der Waals surface area contributed by atoms with E-state index in [0.29, 0.717) is 5.69 Å². The second-order valence-corrected chi connectivity index (χ2v) is 5.04. The van der Waals surface area contributed by atoms with E-state index in [2.05, 4.69) is 5.32 Å². The third-order valence-corrected chi connectivity index (χ3v) is 3.48. The van der Waals surface area contributed by atoms with Gasteiger partial charge in [-0.15, -0.1) is 0 Å². The molecule has 0 spiro atoms. The molecule has 110 valence electrons. The first-order valence-corrected chi connectivity index (χ1v) is 6.48. The number of benzene rings is 1. The van der Waals surface area contributed by atoms with E-state index in [1.54, 1.807) is 0 Å². The van der Waals surface area contributed by atoms with Crippen molar-refractivity contribution in [2.75, 3.05) is 11.9 Å². The molecule has 7 nitrogen and oxygen atoms in total. The molecule has 1 heterocycles. The molecule has 1 aromatic rings. The number of aliphatic carboxylic acids is 1. The smallest absolute Gasteiger partial charge is 0.326 e. The quantitative estimate of drug-likeness (QED) is 0.761. The minimum atomic E-state index is -1.17. The number of hydrogen-bond donors (Lipinski definition) is 3. The van der Waals surface area contributed by atoms with Crippen LogP contribution in [-0.2, 0) is 4.79 Å². The third-order valence-electron chi connectivity index (χ3n) is 3.17. The van der Waals surface area contributed by atoms with Crippen molar-refractivity contribution in [3.63, 3.8) is 0 Å². The number of aliphatic hydroxyl groups is 1. The number of hydrogen-bond acceptors (Lipinski definition) is 4. The average molecular weight is 310 g/mol. The van der Waals surface area contributed by atoms with Gasteiger partial charge >= 0.3 is 12.0 Å². The van der Waals surface area contributed by atoms with E-state index in [4.69, 9.17) is 22.0 Å². The van der Waals surface area contributed by atoms with Crippen molar-refractivity contribution < 1.29 is 19.8 Å². The number of amides is 2. The van der Waals surface area contributed by atoms with Crippen LogP contribution in [0, 0.1) is 11.3 Å². The van der Waals surface area contributed by atoms with Gasteiger partial charge in [-0.25, -0.2) is 9.59 Å². The SMILES string of the molecule is N#Cc1ccc(NC(=O)N2C[C@H](O)C[C@H]2C(=O)O)cc1Cl. The number of nitrogens with zero attached hydrogens (tertiary/aromatic N) is 2. The molecular weight excluding hydrogens is 298 g/mol. The molecule has 2 atom stereocenters. The number of nitriles is 1. The lowest BCUT2D eigenvalue weighted by Gasteiger charge is -2.21. The van der Waals surface area contributed by atoms with Crippen LogP contribution in [-0.4, -0.2) is 45.8 Å². The maximum Gasteiger partial charge on any atom is 0.326 e. The van der Waals surface area contributed by atoms with Gasteiger partial charge in [-0.05, 0) is 18.2 Å². The highest BCUT2D eigenvalue weighted by molar-refractivity contribution is 6.32. The monoisotopic (exact) mass is 309 g/mol. The molecule has 0 aliphatic carbocycles. The van der Waals surface area contributed by atoms with E-state index < -0.39 is 24.1 Å². The molecule has 1 aromatic carbocycles. The Morgan fingerprint density at radius 1 is 1.48 bits per heavy atom. The van der Waals surface area contributed by atoms with Crippen LogP contribution < -0.4 is 5.32 Å². The highest BCUT2D eigenvalue weighted by Gasteiger charge is 2.39. The van der Waals surface area contributed by atoms with E-state index >= 15 is 0 Å². The number of carbonyl (C=O) groups excluding carboxylic acids is 1. The fourth-order valence-electron chi connectivity index (χ4n) is 2.15. The number of carbonyl (C=O) groups is 2. The van der Waals surface area contributed by atoms with E-state index in [-0.39, 0.29) is 23.6 Å². The number of likely N-dealkylation sites (tertiary alicyclic amines) is 1. The second kappa shape index (κ2) is 5.99. The van der Waals surface area contributed by atoms with Crippen LogP contribution >= 0.6 is 11.6 Å². The Balaban J connectivity index is 2.12. The molecule has 0 bridgehead atoms. The number of urea groups is 1. The van der Waals surface area contributed by atoms with E-state index in [9.17, 15) is 14.7 Å². The van der Waals surface area contributed by atoms with Gasteiger partial charge in [0.15, 0.2) is 0 Å². The molecule has 1 aliphatic heterocycles. The van der Waals surface area contributed by atoms with Crippen molar-refractivity contribution in [1.82, 2.24) is 4.90 Å². The number of carboxylic acid groups (broad SMARTS) is 1. The van der Waals surface area contributed by atoms with Gasteiger partial charge in [0, 0.05) is 18.7 Å². The van der Waals surface area contributed by atoms with Crippen LogP contribution in [0.5, 0.6) is 0 Å². The van der Waals surface area contributed by atoms with Crippen molar-refractivity contribution in [2.24, 2.45) is 0 Å². The fraction of sp³-hybridized carbons (Fsp3) is 0.308. The first-order valence-electron chi connectivity index (χ1n) is 6.10. The highest BCUT2D eigenvalue weighted by Crippen LogP contribution is 2.23. The lowest BCUT2D eigenvalue weighted by atomic mass is 10.2. The molecule has 3 N–H and O–H groups in total. The molecular formula is C13H12ClN3O4. The zero-order chi connectivity index (χ0) is 15.6. The maximum atomic E-state index is 12.1. The van der Waals surface area contributed by atoms with E-state index in [1.165, 1.54) is 18.2 Å². The minimum absolute atomic E-state index is 0.00310. The van der Waals surface area contributed by atoms with Gasteiger partial charge in [-0.3, -0.25) is 0 Å². The Kier molecular flexibility index (Phi) is 4.31. The number of aliphatic hydroxyl groups excluding tert-OH is 1. The van der Waals surface area contributed by atoms with Gasteiger partial charge in [0.05, 0.1) is 16.7 Å². The summed E-state index contributed by atoms with van der Waals surface area (Å²) in [6.45, 7) is -0.0488. The third kappa shape index (κ3) is 3.24. The van der Waals surface area contributed by atoms with Gasteiger partial charge in [0.25, 0.3) is 0 Å². The standard InChI is InChI=1S/C13H12ClN3O4/c14-10-3-8(2-1-7(10)5-15)16-13(21)17-6-9(18)4-11(17)12(19)20/h1-3,9,11,18H,4,6H2,(H,16,21)(H,19,20)/t9-,11+/m1/s1. The number of rotatable bonds is 2. The highest BCUT2D eigenvalue weighted by atomic mass is 35.5. The van der Waals surface area contributed by atoms with Crippen molar-refractivity contribution in [3.05, 3.63) is 28.8 Å². The Hall–Kier alpha value is -2.30. The molecule has 0 radical (unpaired) electrons. The molecule has 1 fully saturated rings. The van der Waals surface area contributed by atoms with Crippen molar-refractivity contribution in [1.29, 1.82) is 5.26 Å². The van der Waals surface area contributed by atoms with Gasteiger partial charge < -0.3 is 20.4 Å². The second-order valence-electron chi connectivity index (χ2n) is 4.63. The molecule has 1 aliphatic rings. The van der Waals surface area contributed by atoms with Crippen LogP contribution in [0.4, 0.5) is 10.5 Å². The fourth-order valence-corrected chi connectivity index (χ4v) is 2.37. The predicted molar refractivity (Wildman–Crippen MR) is 73.9 cm³/mol. The van der Waals surface area contributed by atoms with Crippen molar-refractivity contribution in [3.8, 4) is 6.07 Å². The first-order chi connectivity index (χ1) is 9.92. The number of β-amino-alcohol motifs (C(OH)–C–C–N with tert-alkyl or cyclic N) is 1. The summed E-state index contributed by atoms with van der Waals surface area (Å²) in [5.74, 6) is -1.17. The zero-order valence-corrected chi connectivity index (χ0v) is 11.5. The largest absolute Gasteiger partial charge is 0.480 e. The van der Waals surface area contributed by atoms with Gasteiger partial charge in [-0.2, -0.15) is 5.26 Å². The molecule has 8 heteroatoms. The lowest BCUT2D eigenvalue weighted by Crippen LogP contribution is -2.43. The van der Waals surface area contributed by atoms with Gasteiger partial charge in [-0.1, -0.05) is 11.6 Å². The molecule has 21 heavy (non-hydrogen) atoms. The summed E-state index contributed by atoms with van der Waals surface area (Å²) < 4.78 is 0. The summed E-state index contributed by atoms with van der Waals surface area (Å²) in [4.78, 5) is 24.2. The van der Waals surface area contributed by atoms with Gasteiger partial charge in [0.1, 0.15) is 12.1 Å². The zero-order valence-electron chi connectivity index (χ0n) is 10.8. The Bertz CT molecular complexity index is 628. The molecule has 0 saturated carbocycles.